The summed E-state index contributed by atoms with van der Waals surface area (Å²) in [6.07, 6.45) is 0. The van der Waals surface area contributed by atoms with Crippen LogP contribution in [0, 0.1) is 0 Å². The zero-order chi connectivity index (χ0) is 14.6. The minimum Gasteiger partial charge on any atom is -0.494 e. The maximum atomic E-state index is 12.3. The fraction of sp³-hybridized carbons (Fsp3) is 0.538. The highest BCUT2D eigenvalue weighted by Crippen LogP contribution is 2.25. The Bertz CT molecular complexity index is 525. The number of nitrogens with zero attached hydrogens (tertiary/aromatic N) is 1. The molecule has 0 saturated carbocycles. The van der Waals surface area contributed by atoms with E-state index in [9.17, 15) is 13.5 Å². The lowest BCUT2D eigenvalue weighted by Gasteiger charge is -2.21. The molecule has 0 aliphatic rings. The van der Waals surface area contributed by atoms with Gasteiger partial charge in [0.15, 0.2) is 0 Å². The molecule has 1 N–H and O–H groups in total. The van der Waals surface area contributed by atoms with Crippen LogP contribution >= 0.6 is 0 Å². The average Bonchev–Trinajstić information content (AvgIpc) is 2.38. The first kappa shape index (κ1) is 15.9. The van der Waals surface area contributed by atoms with Gasteiger partial charge < -0.3 is 9.84 Å². The molecule has 0 fully saturated rings. The summed E-state index contributed by atoms with van der Waals surface area (Å²) in [4.78, 5) is 0.163. The Labute approximate surface area is 114 Å². The van der Waals surface area contributed by atoms with E-state index in [4.69, 9.17) is 4.74 Å². The highest BCUT2D eigenvalue weighted by Gasteiger charge is 2.23. The van der Waals surface area contributed by atoms with E-state index in [1.165, 1.54) is 23.5 Å². The number of sulfonamides is 1. The molecule has 1 aromatic rings. The number of hydrogen-bond donors (Lipinski definition) is 1. The molecule has 0 amide bonds. The summed E-state index contributed by atoms with van der Waals surface area (Å²) in [7, 11) is -2.00. The third-order valence-corrected chi connectivity index (χ3v) is 4.94. The van der Waals surface area contributed by atoms with Crippen molar-refractivity contribution in [3.8, 4) is 5.75 Å². The predicted octanol–water partition coefficient (Wildman–Crippen LogP) is 1.61. The van der Waals surface area contributed by atoms with Crippen LogP contribution in [0.4, 0.5) is 0 Å². The first-order valence-corrected chi connectivity index (χ1v) is 7.63. The van der Waals surface area contributed by atoms with Crippen molar-refractivity contribution in [2.75, 3.05) is 13.7 Å². The Balaban J connectivity index is 3.22. The first-order chi connectivity index (χ1) is 8.84. The number of aliphatic hydroxyl groups excluding tert-OH is 1. The minimum atomic E-state index is -3.54. The van der Waals surface area contributed by atoms with E-state index in [-0.39, 0.29) is 17.5 Å². The van der Waals surface area contributed by atoms with Gasteiger partial charge in [0.2, 0.25) is 10.0 Å². The maximum absolute atomic E-state index is 12.3. The molecule has 108 valence electrons. The topological polar surface area (TPSA) is 66.8 Å². The van der Waals surface area contributed by atoms with Crippen molar-refractivity contribution in [1.29, 1.82) is 0 Å². The molecule has 6 heteroatoms. The molecule has 0 heterocycles. The third kappa shape index (κ3) is 3.46. The van der Waals surface area contributed by atoms with Crippen LogP contribution in [0.5, 0.6) is 5.75 Å². The second kappa shape index (κ2) is 6.36. The van der Waals surface area contributed by atoms with Gasteiger partial charge in [0.05, 0.1) is 18.1 Å². The van der Waals surface area contributed by atoms with E-state index in [1.54, 1.807) is 19.9 Å². The number of hydrogen-bond acceptors (Lipinski definition) is 4. The molecule has 0 aliphatic carbocycles. The van der Waals surface area contributed by atoms with Crippen LogP contribution in [-0.2, 0) is 16.6 Å². The quantitative estimate of drug-likeness (QED) is 0.863. The molecule has 0 bridgehead atoms. The fourth-order valence-corrected chi connectivity index (χ4v) is 3.00. The smallest absolute Gasteiger partial charge is 0.243 e. The van der Waals surface area contributed by atoms with Crippen LogP contribution in [0.3, 0.4) is 0 Å². The van der Waals surface area contributed by atoms with Crippen LogP contribution in [0.1, 0.15) is 26.3 Å². The van der Waals surface area contributed by atoms with E-state index < -0.39 is 10.0 Å². The van der Waals surface area contributed by atoms with Crippen LogP contribution in [-0.4, -0.2) is 37.5 Å². The van der Waals surface area contributed by atoms with E-state index in [1.807, 2.05) is 6.92 Å². The van der Waals surface area contributed by atoms with Gasteiger partial charge in [-0.25, -0.2) is 8.42 Å². The summed E-state index contributed by atoms with van der Waals surface area (Å²) in [5.74, 6) is 0.510. The molecule has 0 atom stereocenters. The van der Waals surface area contributed by atoms with Crippen molar-refractivity contribution < 1.29 is 18.3 Å². The maximum Gasteiger partial charge on any atom is 0.243 e. The van der Waals surface area contributed by atoms with Gasteiger partial charge in [-0.3, -0.25) is 0 Å². The molecular formula is C13H21NO4S. The summed E-state index contributed by atoms with van der Waals surface area (Å²) >= 11 is 0. The van der Waals surface area contributed by atoms with Gasteiger partial charge in [0.1, 0.15) is 5.75 Å². The Morgan fingerprint density at radius 2 is 2.00 bits per heavy atom. The Hall–Kier alpha value is -1.11. The van der Waals surface area contributed by atoms with Gasteiger partial charge in [0, 0.05) is 18.7 Å². The highest BCUT2D eigenvalue weighted by atomic mass is 32.2. The predicted molar refractivity (Wildman–Crippen MR) is 73.6 cm³/mol. The summed E-state index contributed by atoms with van der Waals surface area (Å²) in [5, 5.41) is 9.29. The SMILES string of the molecule is CCOc1ccc(S(=O)(=O)N(C)C(C)C)cc1CO. The average molecular weight is 287 g/mol. The monoisotopic (exact) mass is 287 g/mol. The van der Waals surface area contributed by atoms with Gasteiger partial charge in [-0.15, -0.1) is 0 Å². The number of aliphatic hydroxyl groups is 1. The van der Waals surface area contributed by atoms with Crippen LogP contribution in [0.25, 0.3) is 0 Å². The number of ether oxygens (including phenoxy) is 1. The summed E-state index contributed by atoms with van der Waals surface area (Å²) < 4.78 is 31.3. The van der Waals surface area contributed by atoms with Crippen molar-refractivity contribution >= 4 is 10.0 Å². The van der Waals surface area contributed by atoms with Crippen LogP contribution in [0.15, 0.2) is 23.1 Å². The zero-order valence-corrected chi connectivity index (χ0v) is 12.6. The molecule has 1 aromatic carbocycles. The molecule has 1 rings (SSSR count). The molecule has 0 aliphatic heterocycles. The summed E-state index contributed by atoms with van der Waals surface area (Å²) in [6, 6.07) is 4.40. The molecule has 0 spiro atoms. The van der Waals surface area contributed by atoms with Crippen LogP contribution < -0.4 is 4.74 Å². The van der Waals surface area contributed by atoms with Gasteiger partial charge in [-0.2, -0.15) is 4.31 Å². The van der Waals surface area contributed by atoms with E-state index in [0.717, 1.165) is 0 Å². The Kier molecular flexibility index (Phi) is 5.34. The van der Waals surface area contributed by atoms with E-state index >= 15 is 0 Å². The van der Waals surface area contributed by atoms with Crippen molar-refractivity contribution in [1.82, 2.24) is 4.31 Å². The summed E-state index contributed by atoms with van der Waals surface area (Å²) in [5.41, 5.74) is 0.472. The lowest BCUT2D eigenvalue weighted by Crippen LogP contribution is -2.33. The van der Waals surface area contributed by atoms with Gasteiger partial charge in [-0.1, -0.05) is 0 Å². The first-order valence-electron chi connectivity index (χ1n) is 6.19. The van der Waals surface area contributed by atoms with E-state index in [0.29, 0.717) is 17.9 Å². The van der Waals surface area contributed by atoms with Crippen molar-refractivity contribution in [2.45, 2.75) is 38.3 Å². The lowest BCUT2D eigenvalue weighted by atomic mass is 10.2. The molecule has 5 nitrogen and oxygen atoms in total. The largest absolute Gasteiger partial charge is 0.494 e. The van der Waals surface area contributed by atoms with Crippen molar-refractivity contribution in [2.24, 2.45) is 0 Å². The van der Waals surface area contributed by atoms with Crippen molar-refractivity contribution in [3.05, 3.63) is 23.8 Å². The Morgan fingerprint density at radius 3 is 2.47 bits per heavy atom. The van der Waals surface area contributed by atoms with Crippen LogP contribution in [0.2, 0.25) is 0 Å². The van der Waals surface area contributed by atoms with Gasteiger partial charge in [-0.05, 0) is 39.0 Å². The molecule has 0 aromatic heterocycles. The molecule has 0 radical (unpaired) electrons. The second-order valence-corrected chi connectivity index (χ2v) is 6.47. The molecule has 0 unspecified atom stereocenters. The normalized spacial score (nSPS) is 12.2. The van der Waals surface area contributed by atoms with Crippen molar-refractivity contribution in [3.63, 3.8) is 0 Å². The number of rotatable bonds is 6. The molecule has 0 saturated heterocycles. The van der Waals surface area contributed by atoms with E-state index in [2.05, 4.69) is 0 Å². The minimum absolute atomic E-state index is 0.130. The number of benzene rings is 1. The molecule has 19 heavy (non-hydrogen) atoms. The Morgan fingerprint density at radius 1 is 1.37 bits per heavy atom. The zero-order valence-electron chi connectivity index (χ0n) is 11.8. The van der Waals surface area contributed by atoms with Gasteiger partial charge >= 0.3 is 0 Å². The third-order valence-electron chi connectivity index (χ3n) is 2.91. The standard InChI is InChI=1S/C13H21NO4S/c1-5-18-13-7-6-12(8-11(13)9-15)19(16,17)14(4)10(2)3/h6-8,10,15H,5,9H2,1-4H3. The second-order valence-electron chi connectivity index (χ2n) is 4.48. The van der Waals surface area contributed by atoms with Gasteiger partial charge in [0.25, 0.3) is 0 Å². The molecular weight excluding hydrogens is 266 g/mol. The highest BCUT2D eigenvalue weighted by molar-refractivity contribution is 7.89. The fourth-order valence-electron chi connectivity index (χ4n) is 1.58. The lowest BCUT2D eigenvalue weighted by molar-refractivity contribution is 0.266. The summed E-state index contributed by atoms with van der Waals surface area (Å²) in [6.45, 7) is 5.64.